The molecule has 0 aromatic heterocycles. The number of carbonyl (C=O) groups excluding carboxylic acids is 1. The van der Waals surface area contributed by atoms with E-state index in [1.165, 1.54) is 4.31 Å². The van der Waals surface area contributed by atoms with E-state index in [2.05, 4.69) is 5.32 Å². The fourth-order valence-electron chi connectivity index (χ4n) is 3.76. The maximum atomic E-state index is 13.0. The van der Waals surface area contributed by atoms with Crippen LogP contribution in [0, 0.1) is 27.7 Å². The first-order valence-corrected chi connectivity index (χ1v) is 11.7. The first kappa shape index (κ1) is 22.5. The average Bonchev–Trinajstić information content (AvgIpc) is 2.72. The SMILES string of the molecule is Cc1ccc(S(=O)(=O)N2CCN([C@H](C)C(=O)Nc3c(C)cccc3C)CC2)cc1C. The van der Waals surface area contributed by atoms with Crippen LogP contribution in [0.1, 0.15) is 29.2 Å². The zero-order chi connectivity index (χ0) is 22.1. The van der Waals surface area contributed by atoms with E-state index < -0.39 is 10.0 Å². The highest BCUT2D eigenvalue weighted by Gasteiger charge is 2.32. The van der Waals surface area contributed by atoms with E-state index in [1.807, 2.05) is 63.8 Å². The summed E-state index contributed by atoms with van der Waals surface area (Å²) >= 11 is 0. The number of carbonyl (C=O) groups is 1. The fraction of sp³-hybridized carbons (Fsp3) is 0.435. The molecule has 6 nitrogen and oxygen atoms in total. The summed E-state index contributed by atoms with van der Waals surface area (Å²) in [6.45, 7) is 11.5. The van der Waals surface area contributed by atoms with Gasteiger partial charge in [-0.2, -0.15) is 4.31 Å². The molecule has 0 unspecified atom stereocenters. The molecule has 1 fully saturated rings. The van der Waals surface area contributed by atoms with Crippen molar-refractivity contribution in [2.24, 2.45) is 0 Å². The van der Waals surface area contributed by atoms with Gasteiger partial charge in [-0.3, -0.25) is 9.69 Å². The Morgan fingerprint density at radius 1 is 0.900 bits per heavy atom. The Bertz CT molecular complexity index is 1020. The molecule has 0 aliphatic carbocycles. The second-order valence-corrected chi connectivity index (χ2v) is 10.1. The maximum Gasteiger partial charge on any atom is 0.243 e. The Morgan fingerprint density at radius 3 is 2.07 bits per heavy atom. The van der Waals surface area contributed by atoms with E-state index in [1.54, 1.807) is 12.1 Å². The summed E-state index contributed by atoms with van der Waals surface area (Å²) in [7, 11) is -3.52. The second kappa shape index (κ2) is 8.88. The van der Waals surface area contributed by atoms with Gasteiger partial charge in [0.25, 0.3) is 0 Å². The molecule has 2 aromatic rings. The van der Waals surface area contributed by atoms with Crippen molar-refractivity contribution in [3.05, 3.63) is 58.7 Å². The van der Waals surface area contributed by atoms with Gasteiger partial charge in [-0.05, 0) is 69.0 Å². The number of piperazine rings is 1. The maximum absolute atomic E-state index is 13.0. The molecule has 0 bridgehead atoms. The molecule has 2 aromatic carbocycles. The Labute approximate surface area is 179 Å². The smallest absolute Gasteiger partial charge is 0.243 e. The van der Waals surface area contributed by atoms with Crippen LogP contribution in [-0.2, 0) is 14.8 Å². The summed E-state index contributed by atoms with van der Waals surface area (Å²) < 4.78 is 27.5. The summed E-state index contributed by atoms with van der Waals surface area (Å²) in [5, 5.41) is 3.04. The third kappa shape index (κ3) is 4.58. The highest BCUT2D eigenvalue weighted by Crippen LogP contribution is 2.22. The molecule has 1 N–H and O–H groups in total. The van der Waals surface area contributed by atoms with Crippen LogP contribution in [0.5, 0.6) is 0 Å². The number of benzene rings is 2. The van der Waals surface area contributed by atoms with E-state index in [0.29, 0.717) is 31.1 Å². The Hall–Kier alpha value is -2.22. The number of nitrogens with zero attached hydrogens (tertiary/aromatic N) is 2. The molecular weight excluding hydrogens is 398 g/mol. The number of anilines is 1. The van der Waals surface area contributed by atoms with Crippen molar-refractivity contribution in [3.63, 3.8) is 0 Å². The van der Waals surface area contributed by atoms with Crippen LogP contribution in [0.25, 0.3) is 0 Å². The van der Waals surface area contributed by atoms with Gasteiger partial charge >= 0.3 is 0 Å². The zero-order valence-electron chi connectivity index (χ0n) is 18.4. The van der Waals surface area contributed by atoms with Gasteiger partial charge in [0, 0.05) is 31.9 Å². The van der Waals surface area contributed by atoms with Crippen LogP contribution in [0.15, 0.2) is 41.3 Å². The van der Waals surface area contributed by atoms with E-state index in [0.717, 1.165) is 27.9 Å². The van der Waals surface area contributed by atoms with Gasteiger partial charge in [0.1, 0.15) is 0 Å². The van der Waals surface area contributed by atoms with Crippen LogP contribution < -0.4 is 5.32 Å². The van der Waals surface area contributed by atoms with Crippen molar-refractivity contribution in [1.29, 1.82) is 0 Å². The molecule has 1 aliphatic heterocycles. The first-order valence-electron chi connectivity index (χ1n) is 10.3. The van der Waals surface area contributed by atoms with Crippen LogP contribution in [-0.4, -0.2) is 55.8 Å². The fourth-order valence-corrected chi connectivity index (χ4v) is 5.27. The molecular formula is C23H31N3O3S. The number of rotatable bonds is 5. The normalized spacial score (nSPS) is 17.0. The van der Waals surface area contributed by atoms with Crippen LogP contribution in [0.4, 0.5) is 5.69 Å². The average molecular weight is 430 g/mol. The van der Waals surface area contributed by atoms with E-state index in [-0.39, 0.29) is 11.9 Å². The van der Waals surface area contributed by atoms with E-state index in [9.17, 15) is 13.2 Å². The molecule has 0 spiro atoms. The van der Waals surface area contributed by atoms with Gasteiger partial charge in [0.15, 0.2) is 0 Å². The van der Waals surface area contributed by atoms with Gasteiger partial charge in [-0.15, -0.1) is 0 Å². The van der Waals surface area contributed by atoms with Crippen molar-refractivity contribution >= 4 is 21.6 Å². The number of hydrogen-bond donors (Lipinski definition) is 1. The predicted molar refractivity (Wildman–Crippen MR) is 120 cm³/mol. The van der Waals surface area contributed by atoms with Crippen molar-refractivity contribution < 1.29 is 13.2 Å². The highest BCUT2D eigenvalue weighted by molar-refractivity contribution is 7.89. The van der Waals surface area contributed by atoms with Gasteiger partial charge in [0.2, 0.25) is 15.9 Å². The lowest BCUT2D eigenvalue weighted by Crippen LogP contribution is -2.54. The number of sulfonamides is 1. The zero-order valence-corrected chi connectivity index (χ0v) is 19.2. The quantitative estimate of drug-likeness (QED) is 0.792. The molecule has 3 rings (SSSR count). The highest BCUT2D eigenvalue weighted by atomic mass is 32.2. The molecule has 7 heteroatoms. The number of amides is 1. The summed E-state index contributed by atoms with van der Waals surface area (Å²) in [5.41, 5.74) is 4.94. The molecule has 162 valence electrons. The van der Waals surface area contributed by atoms with Crippen molar-refractivity contribution in [3.8, 4) is 0 Å². The minimum atomic E-state index is -3.52. The van der Waals surface area contributed by atoms with Crippen LogP contribution in [0.3, 0.4) is 0 Å². The number of aryl methyl sites for hydroxylation is 4. The van der Waals surface area contributed by atoms with Crippen molar-refractivity contribution in [2.75, 3.05) is 31.5 Å². The van der Waals surface area contributed by atoms with E-state index in [4.69, 9.17) is 0 Å². The third-order valence-corrected chi connectivity index (χ3v) is 7.94. The third-order valence-electron chi connectivity index (χ3n) is 6.05. The Balaban J connectivity index is 1.64. The molecule has 1 heterocycles. The first-order chi connectivity index (χ1) is 14.1. The monoisotopic (exact) mass is 429 g/mol. The second-order valence-electron chi connectivity index (χ2n) is 8.12. The topological polar surface area (TPSA) is 69.7 Å². The van der Waals surface area contributed by atoms with Crippen LogP contribution >= 0.6 is 0 Å². The number of nitrogens with one attached hydrogen (secondary N) is 1. The minimum absolute atomic E-state index is 0.0714. The molecule has 1 atom stereocenters. The molecule has 1 saturated heterocycles. The Morgan fingerprint density at radius 2 is 1.50 bits per heavy atom. The number of para-hydroxylation sites is 1. The molecule has 0 saturated carbocycles. The lowest BCUT2D eigenvalue weighted by atomic mass is 10.1. The van der Waals surface area contributed by atoms with Gasteiger partial charge in [0.05, 0.1) is 10.9 Å². The van der Waals surface area contributed by atoms with Gasteiger partial charge in [-0.1, -0.05) is 24.3 Å². The predicted octanol–water partition coefficient (Wildman–Crippen LogP) is 3.25. The minimum Gasteiger partial charge on any atom is -0.324 e. The molecule has 0 radical (unpaired) electrons. The standard InChI is InChI=1S/C23H31N3O3S/c1-16-9-10-21(15-19(16)4)30(28,29)26-13-11-25(12-14-26)20(5)23(27)24-22-17(2)7-6-8-18(22)3/h6-10,15,20H,11-14H2,1-5H3,(H,24,27)/t20-/m1/s1. The lowest BCUT2D eigenvalue weighted by molar-refractivity contribution is -0.121. The van der Waals surface area contributed by atoms with Gasteiger partial charge in [-0.25, -0.2) is 8.42 Å². The summed E-state index contributed by atoms with van der Waals surface area (Å²) in [6, 6.07) is 10.8. The summed E-state index contributed by atoms with van der Waals surface area (Å²) in [5.74, 6) is -0.0714. The van der Waals surface area contributed by atoms with Crippen molar-refractivity contribution in [1.82, 2.24) is 9.21 Å². The largest absolute Gasteiger partial charge is 0.324 e. The van der Waals surface area contributed by atoms with Crippen LogP contribution in [0.2, 0.25) is 0 Å². The van der Waals surface area contributed by atoms with Crippen molar-refractivity contribution in [2.45, 2.75) is 45.6 Å². The summed E-state index contributed by atoms with van der Waals surface area (Å²) in [6.07, 6.45) is 0. The van der Waals surface area contributed by atoms with Gasteiger partial charge < -0.3 is 5.32 Å². The lowest BCUT2D eigenvalue weighted by Gasteiger charge is -2.36. The molecule has 30 heavy (non-hydrogen) atoms. The molecule has 1 aliphatic rings. The summed E-state index contributed by atoms with van der Waals surface area (Å²) in [4.78, 5) is 15.2. The molecule has 1 amide bonds. The number of hydrogen-bond acceptors (Lipinski definition) is 4. The van der Waals surface area contributed by atoms with E-state index >= 15 is 0 Å². The Kier molecular flexibility index (Phi) is 6.65.